The highest BCUT2D eigenvalue weighted by Crippen LogP contribution is 2.11. The molecule has 0 fully saturated rings. The maximum absolute atomic E-state index is 11.8. The van der Waals surface area contributed by atoms with E-state index in [2.05, 4.69) is 0 Å². The molecule has 6 nitrogen and oxygen atoms in total. The number of amides is 2. The molecule has 9 heteroatoms. The molecule has 0 aromatic heterocycles. The van der Waals surface area contributed by atoms with E-state index in [1.54, 1.807) is 5.32 Å². The summed E-state index contributed by atoms with van der Waals surface area (Å²) in [6.07, 6.45) is -4.47. The minimum Gasteiger partial charge on any atom is -0.370 e. The lowest BCUT2D eigenvalue weighted by Gasteiger charge is -2.17. The molecule has 0 rings (SSSR count). The molecule has 0 aliphatic carbocycles. The summed E-state index contributed by atoms with van der Waals surface area (Å²) in [5.74, 6) is -1.40. The zero-order chi connectivity index (χ0) is 14.2. The van der Waals surface area contributed by atoms with E-state index < -0.39 is 31.1 Å². The van der Waals surface area contributed by atoms with Crippen molar-refractivity contribution in [1.82, 2.24) is 10.2 Å². The quantitative estimate of drug-likeness (QED) is 0.588. The molecule has 0 aliphatic rings. The van der Waals surface area contributed by atoms with Gasteiger partial charge in [-0.3, -0.25) is 9.59 Å². The molecule has 0 bridgehead atoms. The number of nitrogens with two attached hydrogens (primary N) is 1. The van der Waals surface area contributed by atoms with Gasteiger partial charge in [0, 0.05) is 13.6 Å². The average Bonchev–Trinajstić information content (AvgIpc) is 2.25. The Morgan fingerprint density at radius 2 is 2.00 bits per heavy atom. The second-order valence-corrected chi connectivity index (χ2v) is 3.48. The van der Waals surface area contributed by atoms with Crippen LogP contribution in [0.3, 0.4) is 0 Å². The highest BCUT2D eigenvalue weighted by atomic mass is 19.4. The summed E-state index contributed by atoms with van der Waals surface area (Å²) in [6, 6.07) is 0. The van der Waals surface area contributed by atoms with Crippen LogP contribution < -0.4 is 11.1 Å². The molecule has 0 heterocycles. The third kappa shape index (κ3) is 8.76. The standard InChI is InChI=1S/C9H16F3N3O3/c1-15(8(17)5-18-3-2-13)4-7(16)14-6-9(10,11)12/h2-6,13H2,1H3,(H,14,16). The van der Waals surface area contributed by atoms with E-state index in [0.29, 0.717) is 0 Å². The molecule has 3 N–H and O–H groups in total. The van der Waals surface area contributed by atoms with Crippen molar-refractivity contribution < 1.29 is 27.5 Å². The first-order valence-electron chi connectivity index (χ1n) is 5.11. The van der Waals surface area contributed by atoms with E-state index in [-0.39, 0.29) is 19.8 Å². The van der Waals surface area contributed by atoms with Crippen LogP contribution in [0.1, 0.15) is 0 Å². The van der Waals surface area contributed by atoms with Crippen LogP contribution in [-0.2, 0) is 14.3 Å². The van der Waals surface area contributed by atoms with Crippen LogP contribution in [0.5, 0.6) is 0 Å². The fourth-order valence-electron chi connectivity index (χ4n) is 0.911. The van der Waals surface area contributed by atoms with Gasteiger partial charge < -0.3 is 20.7 Å². The third-order valence-electron chi connectivity index (χ3n) is 1.78. The minimum atomic E-state index is -4.47. The molecular weight excluding hydrogens is 255 g/mol. The Balaban J connectivity index is 3.88. The summed E-state index contributed by atoms with van der Waals surface area (Å²) in [5.41, 5.74) is 5.13. The number of likely N-dealkylation sites (N-methyl/N-ethyl adjacent to an activating group) is 1. The van der Waals surface area contributed by atoms with Crippen molar-refractivity contribution in [3.05, 3.63) is 0 Å². The molecule has 0 radical (unpaired) electrons. The SMILES string of the molecule is CN(CC(=O)NCC(F)(F)F)C(=O)COCCN. The lowest BCUT2D eigenvalue weighted by atomic mass is 10.4. The van der Waals surface area contributed by atoms with Crippen molar-refractivity contribution in [2.24, 2.45) is 5.73 Å². The Morgan fingerprint density at radius 1 is 1.39 bits per heavy atom. The zero-order valence-electron chi connectivity index (χ0n) is 9.92. The predicted molar refractivity (Wildman–Crippen MR) is 56.6 cm³/mol. The first kappa shape index (κ1) is 16.6. The van der Waals surface area contributed by atoms with E-state index in [1.165, 1.54) is 7.05 Å². The van der Waals surface area contributed by atoms with Gasteiger partial charge >= 0.3 is 6.18 Å². The fraction of sp³-hybridized carbons (Fsp3) is 0.778. The summed E-state index contributed by atoms with van der Waals surface area (Å²) < 4.78 is 40.2. The first-order chi connectivity index (χ1) is 8.26. The van der Waals surface area contributed by atoms with Crippen LogP contribution in [0.4, 0.5) is 13.2 Å². The molecule has 18 heavy (non-hydrogen) atoms. The number of ether oxygens (including phenoxy) is 1. The molecule has 0 saturated carbocycles. The smallest absolute Gasteiger partial charge is 0.370 e. The number of alkyl halides is 3. The van der Waals surface area contributed by atoms with E-state index in [0.717, 1.165) is 4.90 Å². The minimum absolute atomic E-state index is 0.194. The van der Waals surface area contributed by atoms with Crippen LogP contribution in [-0.4, -0.2) is 62.8 Å². The number of carbonyl (C=O) groups excluding carboxylic acids is 2. The Bertz CT molecular complexity index is 284. The summed E-state index contributed by atoms with van der Waals surface area (Å²) in [4.78, 5) is 23.4. The van der Waals surface area contributed by atoms with Gasteiger partial charge in [0.05, 0.1) is 13.2 Å². The van der Waals surface area contributed by atoms with Gasteiger partial charge in [-0.15, -0.1) is 0 Å². The number of nitrogens with one attached hydrogen (secondary N) is 1. The molecule has 0 aliphatic heterocycles. The first-order valence-corrected chi connectivity index (χ1v) is 5.11. The maximum Gasteiger partial charge on any atom is 0.405 e. The van der Waals surface area contributed by atoms with Gasteiger partial charge in [-0.2, -0.15) is 13.2 Å². The number of carbonyl (C=O) groups is 2. The normalized spacial score (nSPS) is 11.2. The summed E-state index contributed by atoms with van der Waals surface area (Å²) in [5, 5.41) is 1.66. The zero-order valence-corrected chi connectivity index (χ0v) is 9.92. The summed E-state index contributed by atoms with van der Waals surface area (Å²) in [6.45, 7) is -1.69. The van der Waals surface area contributed by atoms with Gasteiger partial charge in [0.15, 0.2) is 0 Å². The predicted octanol–water partition coefficient (Wildman–Crippen LogP) is -0.901. The van der Waals surface area contributed by atoms with Crippen LogP contribution >= 0.6 is 0 Å². The summed E-state index contributed by atoms with van der Waals surface area (Å²) >= 11 is 0. The lowest BCUT2D eigenvalue weighted by molar-refractivity contribution is -0.143. The van der Waals surface area contributed by atoms with Crippen molar-refractivity contribution in [3.8, 4) is 0 Å². The van der Waals surface area contributed by atoms with Gasteiger partial charge in [-0.1, -0.05) is 0 Å². The second kappa shape index (κ2) is 7.88. The Kier molecular flexibility index (Phi) is 7.29. The topological polar surface area (TPSA) is 84.7 Å². The molecule has 0 aromatic rings. The third-order valence-corrected chi connectivity index (χ3v) is 1.78. The number of hydrogen-bond acceptors (Lipinski definition) is 4. The van der Waals surface area contributed by atoms with E-state index in [1.807, 2.05) is 0 Å². The van der Waals surface area contributed by atoms with Crippen molar-refractivity contribution in [3.63, 3.8) is 0 Å². The van der Waals surface area contributed by atoms with Gasteiger partial charge in [-0.05, 0) is 0 Å². The van der Waals surface area contributed by atoms with E-state index in [4.69, 9.17) is 10.5 Å². The molecule has 0 saturated heterocycles. The molecular formula is C9H16F3N3O3. The Hall–Kier alpha value is -1.35. The molecule has 0 aromatic carbocycles. The van der Waals surface area contributed by atoms with Gasteiger partial charge in [0.1, 0.15) is 13.2 Å². The average molecular weight is 271 g/mol. The van der Waals surface area contributed by atoms with E-state index in [9.17, 15) is 22.8 Å². The molecule has 0 spiro atoms. The number of hydrogen-bond donors (Lipinski definition) is 2. The molecule has 106 valence electrons. The number of nitrogens with zero attached hydrogens (tertiary/aromatic N) is 1. The van der Waals surface area contributed by atoms with E-state index >= 15 is 0 Å². The van der Waals surface area contributed by atoms with Crippen molar-refractivity contribution in [2.75, 3.05) is 39.9 Å². The van der Waals surface area contributed by atoms with Crippen LogP contribution in [0.2, 0.25) is 0 Å². The highest BCUT2D eigenvalue weighted by Gasteiger charge is 2.28. The van der Waals surface area contributed by atoms with Crippen molar-refractivity contribution >= 4 is 11.8 Å². The Morgan fingerprint density at radius 3 is 2.50 bits per heavy atom. The molecule has 0 unspecified atom stereocenters. The van der Waals surface area contributed by atoms with Gasteiger partial charge in [0.2, 0.25) is 11.8 Å². The number of halogens is 3. The van der Waals surface area contributed by atoms with Crippen molar-refractivity contribution in [2.45, 2.75) is 6.18 Å². The maximum atomic E-state index is 11.8. The monoisotopic (exact) mass is 271 g/mol. The number of rotatable bonds is 7. The Labute approximate surface area is 102 Å². The van der Waals surface area contributed by atoms with Crippen LogP contribution in [0, 0.1) is 0 Å². The molecule has 2 amide bonds. The lowest BCUT2D eigenvalue weighted by Crippen LogP contribution is -2.42. The largest absolute Gasteiger partial charge is 0.405 e. The molecule has 0 atom stereocenters. The van der Waals surface area contributed by atoms with Crippen LogP contribution in [0.15, 0.2) is 0 Å². The van der Waals surface area contributed by atoms with Crippen molar-refractivity contribution in [1.29, 1.82) is 0 Å². The second-order valence-electron chi connectivity index (χ2n) is 3.48. The highest BCUT2D eigenvalue weighted by molar-refractivity contribution is 5.85. The summed E-state index contributed by atoms with van der Waals surface area (Å²) in [7, 11) is 1.29. The van der Waals surface area contributed by atoms with Crippen LogP contribution in [0.25, 0.3) is 0 Å². The fourth-order valence-corrected chi connectivity index (χ4v) is 0.911. The van der Waals surface area contributed by atoms with Gasteiger partial charge in [0.25, 0.3) is 0 Å². The van der Waals surface area contributed by atoms with Gasteiger partial charge in [-0.25, -0.2) is 0 Å².